The van der Waals surface area contributed by atoms with Crippen LogP contribution >= 0.6 is 0 Å². The summed E-state index contributed by atoms with van der Waals surface area (Å²) in [5.74, 6) is -3.98. The number of benzene rings is 1. The molecule has 13 atom stereocenters. The number of aromatic nitrogens is 3. The summed E-state index contributed by atoms with van der Waals surface area (Å²) in [6.45, 7) is 17.1. The quantitative estimate of drug-likeness (QED) is 0.0571. The van der Waals surface area contributed by atoms with Gasteiger partial charge in [0.2, 0.25) is 0 Å². The highest BCUT2D eigenvalue weighted by atomic mass is 16.7. The number of anilines is 1. The molecule has 2 aromatic rings. The van der Waals surface area contributed by atoms with Crippen molar-refractivity contribution < 1.29 is 43.5 Å². The van der Waals surface area contributed by atoms with Gasteiger partial charge < -0.3 is 50.8 Å². The fourth-order valence-corrected chi connectivity index (χ4v) is 9.19. The van der Waals surface area contributed by atoms with Crippen molar-refractivity contribution in [2.45, 2.75) is 148 Å². The molecule has 17 heteroatoms. The lowest BCUT2D eigenvalue weighted by molar-refractivity contribution is -0.296. The predicted molar refractivity (Wildman–Crippen MR) is 232 cm³/mol. The number of unbranched alkanes of at least 4 members (excludes halogenated alkanes) is 1. The molecule has 0 bridgehead atoms. The van der Waals surface area contributed by atoms with Gasteiger partial charge in [-0.05, 0) is 104 Å². The number of cyclic esters (lactones) is 1. The molecule has 1 amide bonds. The van der Waals surface area contributed by atoms with Gasteiger partial charge in [0.15, 0.2) is 12.1 Å². The zero-order valence-corrected chi connectivity index (χ0v) is 38.2. The Morgan fingerprint density at radius 3 is 2.46 bits per heavy atom. The number of hydrogen-bond acceptors (Lipinski definition) is 14. The molecule has 0 radical (unpaired) electrons. The van der Waals surface area contributed by atoms with Gasteiger partial charge in [0.05, 0.1) is 30.0 Å². The SMILES string of the molecule is CC[C@@H](C)[C@@]1(C)OC(=O)N(CCCCn2cc(-c3cccc(N)c3)nn2)[C@@H]1[C@@H](C)NC[C@H](C)C[C@@](C)(OC)[C@H](O[C@@H]1OC(CN)CC(N(C)C)C1O)[C@@H](C)C(=O)[C@@H](C)C(=O)O. The van der Waals surface area contributed by atoms with E-state index in [0.717, 1.165) is 30.5 Å². The first kappa shape index (κ1) is 49.9. The highest BCUT2D eigenvalue weighted by molar-refractivity contribution is 5.99. The van der Waals surface area contributed by atoms with Crippen LogP contribution in [0, 0.1) is 23.7 Å². The second-order valence-corrected chi connectivity index (χ2v) is 18.1. The monoisotopic (exact) mass is 859 g/mol. The first-order valence-electron chi connectivity index (χ1n) is 21.9. The Hall–Kier alpha value is -3.71. The number of aliphatic hydroxyl groups is 1. The normalized spacial score (nSPS) is 27.2. The standard InChI is InChI=1S/C44H74N8O9/c1-12-27(3)44(8)38(52(42(57)61-44)19-14-13-18-51-25-34(48-49-51)31-16-15-17-32(46)20-31)30(6)47-24-26(2)22-43(7,58-11)39(28(4)36(53)29(5)40(55)56)60-41-37(54)35(50(9)10)21-33(23-45)59-41/h15-17,20,25-30,33,35,37-39,41,47,54H,12-14,18-19,21-24,45-46H2,1-11H3,(H,55,56)/t26-,27-,28+,29-,30-,33?,35?,37?,38-,39-,41+,43-,44-/m1/s1. The number of nitrogens with one attached hydrogen (secondary N) is 1. The summed E-state index contributed by atoms with van der Waals surface area (Å²) in [6.07, 6.45) is 1.14. The Morgan fingerprint density at radius 1 is 1.16 bits per heavy atom. The average molecular weight is 859 g/mol. The van der Waals surface area contributed by atoms with E-state index < -0.39 is 59.4 Å². The molecule has 2 fully saturated rings. The van der Waals surface area contributed by atoms with Gasteiger partial charge in [-0.3, -0.25) is 19.2 Å². The predicted octanol–water partition coefficient (Wildman–Crippen LogP) is 4.02. The van der Waals surface area contributed by atoms with Crippen molar-refractivity contribution >= 4 is 23.5 Å². The number of carboxylic acids is 1. The van der Waals surface area contributed by atoms with Crippen LogP contribution in [0.25, 0.3) is 11.3 Å². The lowest BCUT2D eigenvalue weighted by Crippen LogP contribution is -2.60. The first-order valence-corrected chi connectivity index (χ1v) is 21.9. The Kier molecular flexibility index (Phi) is 17.7. The van der Waals surface area contributed by atoms with Gasteiger partial charge >= 0.3 is 12.1 Å². The van der Waals surface area contributed by atoms with E-state index >= 15 is 0 Å². The Morgan fingerprint density at radius 2 is 1.85 bits per heavy atom. The van der Waals surface area contributed by atoms with Crippen LogP contribution in [-0.2, 0) is 35.1 Å². The molecule has 2 aliphatic rings. The molecular weight excluding hydrogens is 785 g/mol. The summed E-state index contributed by atoms with van der Waals surface area (Å²) < 4.78 is 27.0. The minimum absolute atomic E-state index is 0.0672. The Balaban J connectivity index is 1.48. The number of nitrogen functional groups attached to an aromatic ring is 1. The Bertz CT molecular complexity index is 1750. The summed E-state index contributed by atoms with van der Waals surface area (Å²) in [5.41, 5.74) is 12.4. The number of hydrogen-bond donors (Lipinski definition) is 5. The number of Topliss-reactive ketones (excluding diaryl/α,β-unsaturated/α-hetero) is 1. The lowest BCUT2D eigenvalue weighted by Gasteiger charge is -2.47. The van der Waals surface area contributed by atoms with Crippen LogP contribution in [0.3, 0.4) is 0 Å². The van der Waals surface area contributed by atoms with E-state index in [-0.39, 0.29) is 42.6 Å². The van der Waals surface area contributed by atoms with E-state index in [0.29, 0.717) is 38.2 Å². The van der Waals surface area contributed by atoms with E-state index in [1.807, 2.05) is 72.9 Å². The summed E-state index contributed by atoms with van der Waals surface area (Å²) in [4.78, 5) is 43.0. The van der Waals surface area contributed by atoms with Gasteiger partial charge in [-0.15, -0.1) is 5.10 Å². The van der Waals surface area contributed by atoms with Crippen LogP contribution in [0.4, 0.5) is 10.5 Å². The van der Waals surface area contributed by atoms with Crippen molar-refractivity contribution in [1.82, 2.24) is 30.1 Å². The van der Waals surface area contributed by atoms with Crippen molar-refractivity contribution in [1.29, 1.82) is 0 Å². The van der Waals surface area contributed by atoms with E-state index in [4.69, 9.17) is 30.4 Å². The van der Waals surface area contributed by atoms with Crippen LogP contribution in [0.2, 0.25) is 0 Å². The molecule has 2 saturated heterocycles. The number of nitrogens with zero attached hydrogens (tertiary/aromatic N) is 5. The zero-order valence-electron chi connectivity index (χ0n) is 38.2. The van der Waals surface area contributed by atoms with Crippen molar-refractivity contribution in [3.8, 4) is 11.3 Å². The molecular formula is C44H74N8O9. The summed E-state index contributed by atoms with van der Waals surface area (Å²) in [7, 11) is 5.25. The molecule has 61 heavy (non-hydrogen) atoms. The van der Waals surface area contributed by atoms with Crippen molar-refractivity contribution in [2.24, 2.45) is 29.4 Å². The molecule has 17 nitrogen and oxygen atoms in total. The molecule has 4 rings (SSSR count). The Labute approximate surface area is 362 Å². The number of aliphatic hydroxyl groups excluding tert-OH is 1. The maximum Gasteiger partial charge on any atom is 0.410 e. The van der Waals surface area contributed by atoms with Gasteiger partial charge in [-0.25, -0.2) is 4.79 Å². The van der Waals surface area contributed by atoms with Crippen LogP contribution in [0.5, 0.6) is 0 Å². The maximum absolute atomic E-state index is 13.7. The highest BCUT2D eigenvalue weighted by Gasteiger charge is 2.55. The zero-order chi connectivity index (χ0) is 45.4. The van der Waals surface area contributed by atoms with E-state index in [9.17, 15) is 24.6 Å². The van der Waals surface area contributed by atoms with E-state index in [2.05, 4.69) is 43.3 Å². The fraction of sp³-hybridized carbons (Fsp3) is 0.750. The molecule has 3 heterocycles. The van der Waals surface area contributed by atoms with E-state index in [1.165, 1.54) is 6.92 Å². The minimum Gasteiger partial charge on any atom is -0.481 e. The van der Waals surface area contributed by atoms with E-state index in [1.54, 1.807) is 14.0 Å². The molecule has 0 aliphatic carbocycles. The number of carbonyl (C=O) groups is 3. The van der Waals surface area contributed by atoms with Crippen molar-refractivity contribution in [3.63, 3.8) is 0 Å². The molecule has 1 aromatic carbocycles. The minimum atomic E-state index is -1.29. The average Bonchev–Trinajstić information content (AvgIpc) is 3.81. The summed E-state index contributed by atoms with van der Waals surface area (Å²) in [5, 5.41) is 33.5. The number of aryl methyl sites for hydroxylation is 1. The number of ether oxygens (including phenoxy) is 4. The van der Waals surface area contributed by atoms with Gasteiger partial charge in [-0.1, -0.05) is 45.0 Å². The van der Waals surface area contributed by atoms with Gasteiger partial charge in [0.1, 0.15) is 23.3 Å². The topological polar surface area (TPSA) is 230 Å². The first-order chi connectivity index (χ1) is 28.7. The number of carbonyl (C=O) groups excluding carboxylic acids is 2. The van der Waals surface area contributed by atoms with Gasteiger partial charge in [0.25, 0.3) is 0 Å². The number of methoxy groups -OCH3 is 1. The summed E-state index contributed by atoms with van der Waals surface area (Å²) >= 11 is 0. The van der Waals surface area contributed by atoms with Crippen molar-refractivity contribution in [3.05, 3.63) is 30.5 Å². The molecule has 1 aromatic heterocycles. The molecule has 344 valence electrons. The van der Waals surface area contributed by atoms with Gasteiger partial charge in [0, 0.05) is 56.0 Å². The van der Waals surface area contributed by atoms with Crippen LogP contribution < -0.4 is 16.8 Å². The number of nitrogens with two attached hydrogens (primary N) is 2. The number of ketones is 1. The maximum atomic E-state index is 13.7. The van der Waals surface area contributed by atoms with Crippen molar-refractivity contribution in [2.75, 3.05) is 46.6 Å². The summed E-state index contributed by atoms with van der Waals surface area (Å²) in [6, 6.07) is 6.75. The molecule has 7 N–H and O–H groups in total. The molecule has 0 spiro atoms. The molecule has 2 aliphatic heterocycles. The number of aliphatic carboxylic acids is 1. The third-order valence-corrected chi connectivity index (χ3v) is 13.3. The van der Waals surface area contributed by atoms with Crippen LogP contribution in [0.15, 0.2) is 30.5 Å². The number of rotatable bonds is 24. The second kappa shape index (κ2) is 21.6. The van der Waals surface area contributed by atoms with Crippen LogP contribution in [-0.4, -0.2) is 148 Å². The molecule has 3 unspecified atom stereocenters. The number of likely N-dealkylation sites (N-methyl/N-ethyl adjacent to an activating group) is 1. The number of amides is 1. The third-order valence-electron chi connectivity index (χ3n) is 13.3. The third kappa shape index (κ3) is 11.9. The number of carboxylic acid groups (broad SMARTS) is 1. The lowest BCUT2D eigenvalue weighted by atomic mass is 9.78. The van der Waals surface area contributed by atoms with Gasteiger partial charge in [-0.2, -0.15) is 0 Å². The fourth-order valence-electron chi connectivity index (χ4n) is 9.19. The smallest absolute Gasteiger partial charge is 0.410 e. The second-order valence-electron chi connectivity index (χ2n) is 18.1. The largest absolute Gasteiger partial charge is 0.481 e. The molecule has 0 saturated carbocycles. The highest BCUT2D eigenvalue weighted by Crippen LogP contribution is 2.40. The van der Waals surface area contributed by atoms with Crippen LogP contribution in [0.1, 0.15) is 87.5 Å².